The summed E-state index contributed by atoms with van der Waals surface area (Å²) < 4.78 is 1.69. The molecule has 28 heavy (non-hydrogen) atoms. The Hall–Kier alpha value is -3.74. The van der Waals surface area contributed by atoms with E-state index in [0.29, 0.717) is 16.8 Å². The number of nitrogens with zero attached hydrogens (tertiary/aromatic N) is 3. The minimum atomic E-state index is -0.361. The van der Waals surface area contributed by atoms with Crippen molar-refractivity contribution in [3.63, 3.8) is 0 Å². The maximum absolute atomic E-state index is 12.5. The molecule has 0 spiro atoms. The van der Waals surface area contributed by atoms with Crippen LogP contribution >= 0.6 is 0 Å². The summed E-state index contributed by atoms with van der Waals surface area (Å²) in [6, 6.07) is 16.3. The quantitative estimate of drug-likeness (QED) is 0.696. The molecule has 1 aromatic heterocycles. The van der Waals surface area contributed by atoms with Crippen molar-refractivity contribution in [2.75, 3.05) is 11.9 Å². The Morgan fingerprint density at radius 3 is 2.21 bits per heavy atom. The van der Waals surface area contributed by atoms with E-state index in [1.807, 2.05) is 30.3 Å². The van der Waals surface area contributed by atoms with Crippen LogP contribution in [0.4, 0.5) is 5.69 Å². The lowest BCUT2D eigenvalue weighted by Gasteiger charge is -2.13. The zero-order chi connectivity index (χ0) is 19.7. The summed E-state index contributed by atoms with van der Waals surface area (Å²) in [5.41, 5.74) is 3.06. The number of hydrogen-bond acceptors (Lipinski definition) is 4. The first-order valence-electron chi connectivity index (χ1n) is 8.89. The summed E-state index contributed by atoms with van der Waals surface area (Å²) in [6.07, 6.45) is 1.59. The number of imide groups is 1. The predicted octanol–water partition coefficient (Wildman–Crippen LogP) is 2.71. The predicted molar refractivity (Wildman–Crippen MR) is 104 cm³/mol. The average Bonchev–Trinajstić information content (AvgIpc) is 3.19. The van der Waals surface area contributed by atoms with E-state index in [1.165, 1.54) is 0 Å². The third-order valence-corrected chi connectivity index (χ3v) is 4.70. The molecule has 0 unspecified atom stereocenters. The number of fused-ring (bicyclic) bond motifs is 1. The van der Waals surface area contributed by atoms with Gasteiger partial charge in [-0.15, -0.1) is 0 Å². The van der Waals surface area contributed by atoms with Gasteiger partial charge in [0.1, 0.15) is 0 Å². The number of rotatable bonds is 5. The number of hydrogen-bond donors (Lipinski definition) is 1. The molecule has 1 N–H and O–H groups in total. The molecule has 7 nitrogen and oxygen atoms in total. The number of aromatic nitrogens is 2. The molecule has 1 aliphatic heterocycles. The molecule has 7 heteroatoms. The van der Waals surface area contributed by atoms with Crippen molar-refractivity contribution < 1.29 is 14.4 Å². The summed E-state index contributed by atoms with van der Waals surface area (Å²) in [4.78, 5) is 38.3. The van der Waals surface area contributed by atoms with Gasteiger partial charge in [0.2, 0.25) is 5.91 Å². The number of nitrogens with one attached hydrogen (secondary N) is 1. The van der Waals surface area contributed by atoms with E-state index in [2.05, 4.69) is 10.4 Å². The van der Waals surface area contributed by atoms with Crippen LogP contribution < -0.4 is 5.32 Å². The Bertz CT molecular complexity index is 1040. The van der Waals surface area contributed by atoms with Crippen molar-refractivity contribution in [3.05, 3.63) is 71.9 Å². The van der Waals surface area contributed by atoms with Crippen molar-refractivity contribution in [2.24, 2.45) is 7.05 Å². The minimum Gasteiger partial charge on any atom is -0.323 e. The van der Waals surface area contributed by atoms with Gasteiger partial charge in [-0.05, 0) is 12.1 Å². The monoisotopic (exact) mass is 374 g/mol. The number of amides is 3. The van der Waals surface area contributed by atoms with Gasteiger partial charge in [0, 0.05) is 25.6 Å². The zero-order valence-electron chi connectivity index (χ0n) is 15.3. The summed E-state index contributed by atoms with van der Waals surface area (Å²) in [5, 5.41) is 7.05. The van der Waals surface area contributed by atoms with Crippen LogP contribution in [-0.4, -0.2) is 38.9 Å². The van der Waals surface area contributed by atoms with Crippen LogP contribution in [0.15, 0.2) is 60.8 Å². The molecular formula is C21H18N4O3. The standard InChI is InChI=1S/C21H18N4O3/c1-24-19(14-7-3-2-4-8-14)17(13-22-24)23-18(26)11-12-25-20(27)15-9-5-6-10-16(15)21(25)28/h2-10,13H,11-12H2,1H3,(H,23,26). The smallest absolute Gasteiger partial charge is 0.261 e. The van der Waals surface area contributed by atoms with Crippen LogP contribution in [0.2, 0.25) is 0 Å². The highest BCUT2D eigenvalue weighted by Gasteiger charge is 2.35. The largest absolute Gasteiger partial charge is 0.323 e. The van der Waals surface area contributed by atoms with Gasteiger partial charge in [0.25, 0.3) is 11.8 Å². The first kappa shape index (κ1) is 17.7. The summed E-state index contributed by atoms with van der Waals surface area (Å²) in [6.45, 7) is 0.0269. The average molecular weight is 374 g/mol. The third-order valence-electron chi connectivity index (χ3n) is 4.70. The van der Waals surface area contributed by atoms with E-state index in [-0.39, 0.29) is 30.7 Å². The molecule has 3 aromatic rings. The van der Waals surface area contributed by atoms with E-state index >= 15 is 0 Å². The second-order valence-corrected chi connectivity index (χ2v) is 6.50. The van der Waals surface area contributed by atoms with Crippen molar-refractivity contribution in [3.8, 4) is 11.3 Å². The molecule has 1 aliphatic rings. The lowest BCUT2D eigenvalue weighted by atomic mass is 10.1. The Balaban J connectivity index is 1.44. The fourth-order valence-electron chi connectivity index (χ4n) is 3.34. The van der Waals surface area contributed by atoms with Crippen LogP contribution in [0.1, 0.15) is 27.1 Å². The SMILES string of the molecule is Cn1ncc(NC(=O)CCN2C(=O)c3ccccc3C2=O)c1-c1ccccc1. The minimum absolute atomic E-state index is 0.00852. The molecular weight excluding hydrogens is 356 g/mol. The highest BCUT2D eigenvalue weighted by molar-refractivity contribution is 6.21. The fraction of sp³-hybridized carbons (Fsp3) is 0.143. The van der Waals surface area contributed by atoms with E-state index in [4.69, 9.17) is 0 Å². The van der Waals surface area contributed by atoms with Gasteiger partial charge in [-0.1, -0.05) is 42.5 Å². The molecule has 0 aliphatic carbocycles. The molecule has 2 heterocycles. The topological polar surface area (TPSA) is 84.3 Å². The Morgan fingerprint density at radius 2 is 1.57 bits per heavy atom. The maximum Gasteiger partial charge on any atom is 0.261 e. The second kappa shape index (κ2) is 7.11. The van der Waals surface area contributed by atoms with Gasteiger partial charge in [-0.3, -0.25) is 24.0 Å². The van der Waals surface area contributed by atoms with Crippen LogP contribution in [0, 0.1) is 0 Å². The first-order chi connectivity index (χ1) is 13.6. The molecule has 0 bridgehead atoms. The van der Waals surface area contributed by atoms with Crippen molar-refractivity contribution in [2.45, 2.75) is 6.42 Å². The lowest BCUT2D eigenvalue weighted by Crippen LogP contribution is -2.32. The molecule has 2 aromatic carbocycles. The Labute approximate surface area is 161 Å². The second-order valence-electron chi connectivity index (χ2n) is 6.50. The summed E-state index contributed by atoms with van der Waals surface area (Å²) in [7, 11) is 1.80. The number of carbonyl (C=O) groups is 3. The van der Waals surface area contributed by atoms with E-state index in [9.17, 15) is 14.4 Å². The van der Waals surface area contributed by atoms with E-state index in [0.717, 1.165) is 16.2 Å². The normalized spacial score (nSPS) is 13.0. The van der Waals surface area contributed by atoms with Crippen molar-refractivity contribution >= 4 is 23.4 Å². The van der Waals surface area contributed by atoms with Gasteiger partial charge < -0.3 is 5.32 Å². The molecule has 0 saturated carbocycles. The molecule has 0 saturated heterocycles. The van der Waals surface area contributed by atoms with Crippen molar-refractivity contribution in [1.82, 2.24) is 14.7 Å². The Morgan fingerprint density at radius 1 is 0.964 bits per heavy atom. The van der Waals surface area contributed by atoms with Crippen LogP contribution in [-0.2, 0) is 11.8 Å². The Kier molecular flexibility index (Phi) is 4.49. The fourth-order valence-corrected chi connectivity index (χ4v) is 3.34. The zero-order valence-corrected chi connectivity index (χ0v) is 15.3. The first-order valence-corrected chi connectivity index (χ1v) is 8.89. The van der Waals surface area contributed by atoms with Gasteiger partial charge >= 0.3 is 0 Å². The maximum atomic E-state index is 12.5. The molecule has 3 amide bonds. The molecule has 0 radical (unpaired) electrons. The lowest BCUT2D eigenvalue weighted by molar-refractivity contribution is -0.116. The van der Waals surface area contributed by atoms with Crippen LogP contribution in [0.5, 0.6) is 0 Å². The third kappa shape index (κ3) is 3.07. The van der Waals surface area contributed by atoms with E-state index < -0.39 is 0 Å². The van der Waals surface area contributed by atoms with Gasteiger partial charge in [0.05, 0.1) is 28.7 Å². The number of anilines is 1. The van der Waals surface area contributed by atoms with E-state index in [1.54, 1.807) is 42.2 Å². The summed E-state index contributed by atoms with van der Waals surface area (Å²) >= 11 is 0. The molecule has 140 valence electrons. The highest BCUT2D eigenvalue weighted by atomic mass is 16.2. The highest BCUT2D eigenvalue weighted by Crippen LogP contribution is 2.27. The van der Waals surface area contributed by atoms with Gasteiger partial charge in [-0.2, -0.15) is 5.10 Å². The molecule has 0 fully saturated rings. The van der Waals surface area contributed by atoms with Crippen molar-refractivity contribution in [1.29, 1.82) is 0 Å². The molecule has 4 rings (SSSR count). The number of carbonyl (C=O) groups excluding carboxylic acids is 3. The summed E-state index contributed by atoms with van der Waals surface area (Å²) in [5.74, 6) is -1.01. The number of benzene rings is 2. The van der Waals surface area contributed by atoms with Crippen LogP contribution in [0.3, 0.4) is 0 Å². The van der Waals surface area contributed by atoms with Gasteiger partial charge in [-0.25, -0.2) is 0 Å². The number of aryl methyl sites for hydroxylation is 1. The van der Waals surface area contributed by atoms with Crippen LogP contribution in [0.25, 0.3) is 11.3 Å². The molecule has 0 atom stereocenters. The van der Waals surface area contributed by atoms with Gasteiger partial charge in [0.15, 0.2) is 0 Å².